The van der Waals surface area contributed by atoms with E-state index < -0.39 is 5.41 Å². The van der Waals surface area contributed by atoms with Gasteiger partial charge in [-0.2, -0.15) is 0 Å². The molecule has 0 radical (unpaired) electrons. The van der Waals surface area contributed by atoms with Crippen LogP contribution in [0.2, 0.25) is 0 Å². The molecule has 8 aromatic rings. The Kier molecular flexibility index (Phi) is 5.75. The van der Waals surface area contributed by atoms with Crippen molar-refractivity contribution in [2.75, 3.05) is 9.71 Å². The van der Waals surface area contributed by atoms with Gasteiger partial charge in [0.05, 0.1) is 5.41 Å². The molecule has 4 aliphatic rings. The number of benzene rings is 8. The van der Waals surface area contributed by atoms with E-state index in [1.807, 2.05) is 0 Å². The van der Waals surface area contributed by atoms with Crippen molar-refractivity contribution >= 4 is 46.2 Å². The molecule has 0 saturated heterocycles. The third-order valence-electron chi connectivity index (χ3n) is 12.4. The van der Waals surface area contributed by atoms with Gasteiger partial charge in [0.25, 0.3) is 0 Å². The van der Waals surface area contributed by atoms with Crippen LogP contribution in [-0.4, -0.2) is 6.85 Å². The van der Waals surface area contributed by atoms with E-state index in [1.54, 1.807) is 0 Å². The number of aryl methyl sites for hydroxylation is 1. The number of nitrogens with zero attached hydrogens (tertiary/aromatic N) is 2. The summed E-state index contributed by atoms with van der Waals surface area (Å²) in [4.78, 5) is 5.21. The summed E-state index contributed by atoms with van der Waals surface area (Å²) in [6, 6.07) is 68.3. The molecule has 1 aliphatic carbocycles. The van der Waals surface area contributed by atoms with Crippen molar-refractivity contribution in [3.8, 4) is 33.4 Å². The monoisotopic (exact) mass is 672 g/mol. The number of hydrogen-bond acceptors (Lipinski definition) is 2. The SMILES string of the molecule is Cc1ccccc1-c1cc2c3c(c1)N(c1ccccc1)c1ccccc1B3N1c3ccccc3C3(c4ccccc4-c4ccccc43)c3cccc-2c31. The van der Waals surface area contributed by atoms with Crippen LogP contribution in [0.25, 0.3) is 33.4 Å². The van der Waals surface area contributed by atoms with Crippen molar-refractivity contribution in [2.24, 2.45) is 0 Å². The minimum Gasteiger partial charge on any atom is -0.376 e. The summed E-state index contributed by atoms with van der Waals surface area (Å²) in [5.74, 6) is 0. The van der Waals surface area contributed by atoms with Crippen LogP contribution in [0.5, 0.6) is 0 Å². The fourth-order valence-electron chi connectivity index (χ4n) is 10.4. The van der Waals surface area contributed by atoms with Gasteiger partial charge < -0.3 is 9.71 Å². The summed E-state index contributed by atoms with van der Waals surface area (Å²) in [5, 5.41) is 0. The highest BCUT2D eigenvalue weighted by molar-refractivity contribution is 6.93. The number of rotatable bonds is 2. The first-order chi connectivity index (χ1) is 26.2. The van der Waals surface area contributed by atoms with E-state index >= 15 is 0 Å². The van der Waals surface area contributed by atoms with E-state index in [4.69, 9.17) is 0 Å². The summed E-state index contributed by atoms with van der Waals surface area (Å²) in [5.41, 5.74) is 22.9. The molecule has 1 spiro atoms. The molecule has 0 fully saturated rings. The summed E-state index contributed by atoms with van der Waals surface area (Å²) in [7, 11) is 0. The molecule has 0 unspecified atom stereocenters. The molecule has 53 heavy (non-hydrogen) atoms. The van der Waals surface area contributed by atoms with E-state index in [0.717, 1.165) is 0 Å². The maximum atomic E-state index is 2.70. The van der Waals surface area contributed by atoms with Gasteiger partial charge in [-0.25, -0.2) is 0 Å². The van der Waals surface area contributed by atoms with Crippen molar-refractivity contribution in [2.45, 2.75) is 12.3 Å². The fourth-order valence-corrected chi connectivity index (χ4v) is 10.4. The Morgan fingerprint density at radius 3 is 1.77 bits per heavy atom. The van der Waals surface area contributed by atoms with Crippen molar-refractivity contribution in [1.82, 2.24) is 0 Å². The molecule has 0 amide bonds. The number of hydrogen-bond donors (Lipinski definition) is 0. The van der Waals surface area contributed by atoms with Crippen LogP contribution >= 0.6 is 0 Å². The van der Waals surface area contributed by atoms with Gasteiger partial charge in [-0.15, -0.1) is 0 Å². The molecule has 2 nitrogen and oxygen atoms in total. The Morgan fingerprint density at radius 1 is 0.434 bits per heavy atom. The van der Waals surface area contributed by atoms with Crippen LogP contribution in [0, 0.1) is 6.92 Å². The molecule has 3 heteroatoms. The van der Waals surface area contributed by atoms with Crippen LogP contribution in [0.4, 0.5) is 28.4 Å². The molecule has 3 heterocycles. The van der Waals surface area contributed by atoms with E-state index in [1.165, 1.54) is 101 Å². The lowest BCUT2D eigenvalue weighted by Gasteiger charge is -2.52. The van der Waals surface area contributed by atoms with Gasteiger partial charge in [-0.05, 0) is 110 Å². The second-order valence-electron chi connectivity index (χ2n) is 14.8. The molecular weight excluding hydrogens is 639 g/mol. The Labute approximate surface area is 310 Å². The van der Waals surface area contributed by atoms with E-state index in [-0.39, 0.29) is 6.85 Å². The van der Waals surface area contributed by atoms with Gasteiger partial charge in [0.15, 0.2) is 0 Å². The summed E-state index contributed by atoms with van der Waals surface area (Å²) in [6.45, 7) is 2.20. The average Bonchev–Trinajstić information content (AvgIpc) is 3.51. The molecule has 246 valence electrons. The molecule has 0 bridgehead atoms. The molecule has 0 N–H and O–H groups in total. The third kappa shape index (κ3) is 3.59. The van der Waals surface area contributed by atoms with Crippen LogP contribution < -0.4 is 20.6 Å². The highest BCUT2D eigenvalue weighted by Crippen LogP contribution is 2.64. The van der Waals surface area contributed by atoms with Crippen LogP contribution in [0.3, 0.4) is 0 Å². The van der Waals surface area contributed by atoms with Crippen molar-refractivity contribution in [3.63, 3.8) is 0 Å². The van der Waals surface area contributed by atoms with E-state index in [2.05, 4.69) is 199 Å². The van der Waals surface area contributed by atoms with E-state index in [0.29, 0.717) is 0 Å². The molecule has 3 aliphatic heterocycles. The Balaban J connectivity index is 1.26. The first-order valence-corrected chi connectivity index (χ1v) is 18.6. The number of para-hydroxylation sites is 4. The van der Waals surface area contributed by atoms with Crippen LogP contribution in [0.1, 0.15) is 27.8 Å². The minimum atomic E-state index is -0.455. The zero-order valence-electron chi connectivity index (χ0n) is 29.3. The lowest BCUT2D eigenvalue weighted by Crippen LogP contribution is -2.63. The normalized spacial score (nSPS) is 14.5. The molecule has 0 aromatic heterocycles. The maximum Gasteiger partial charge on any atom is 0.333 e. The van der Waals surface area contributed by atoms with Crippen LogP contribution in [0.15, 0.2) is 182 Å². The second-order valence-corrected chi connectivity index (χ2v) is 14.8. The summed E-state index contributed by atoms with van der Waals surface area (Å²) < 4.78 is 0. The van der Waals surface area contributed by atoms with E-state index in [9.17, 15) is 0 Å². The highest BCUT2D eigenvalue weighted by Gasteiger charge is 2.56. The lowest BCUT2D eigenvalue weighted by molar-refractivity contribution is 0.756. The average molecular weight is 673 g/mol. The Morgan fingerprint density at radius 2 is 1.02 bits per heavy atom. The quantitative estimate of drug-likeness (QED) is 0.169. The van der Waals surface area contributed by atoms with Gasteiger partial charge in [-0.3, -0.25) is 0 Å². The van der Waals surface area contributed by atoms with Gasteiger partial charge in [-0.1, -0.05) is 146 Å². The van der Waals surface area contributed by atoms with Gasteiger partial charge in [0.1, 0.15) is 0 Å². The molecule has 0 saturated carbocycles. The second kappa shape index (κ2) is 10.5. The Hall–Kier alpha value is -6.58. The first-order valence-electron chi connectivity index (χ1n) is 18.6. The zero-order chi connectivity index (χ0) is 34.8. The van der Waals surface area contributed by atoms with Crippen molar-refractivity contribution in [1.29, 1.82) is 0 Å². The minimum absolute atomic E-state index is 0.0267. The van der Waals surface area contributed by atoms with Gasteiger partial charge in [0, 0.05) is 34.0 Å². The highest BCUT2D eigenvalue weighted by atomic mass is 15.2. The topological polar surface area (TPSA) is 6.48 Å². The smallest absolute Gasteiger partial charge is 0.333 e. The predicted octanol–water partition coefficient (Wildman–Crippen LogP) is 11.0. The molecular formula is C50H33BN2. The number of anilines is 5. The largest absolute Gasteiger partial charge is 0.376 e. The standard InChI is InChI=1S/C50H33BN2/c1-32-16-5-6-19-35(32)33-30-39-38-22-15-26-43-49(38)53(51-44-27-12-14-29-46(44)52(47(31-33)48(39)51)34-17-3-2-4-18-34)45-28-13-11-25-42(45)50(43)40-23-9-7-20-36(40)37-21-8-10-24-41(37)50/h2-31H,1H3. The van der Waals surface area contributed by atoms with Gasteiger partial charge in [0.2, 0.25) is 0 Å². The molecule has 0 atom stereocenters. The number of fused-ring (bicyclic) bond motifs is 13. The Bertz CT molecular complexity index is 2790. The summed E-state index contributed by atoms with van der Waals surface area (Å²) in [6.07, 6.45) is 0. The fraction of sp³-hybridized carbons (Fsp3) is 0.0400. The summed E-state index contributed by atoms with van der Waals surface area (Å²) >= 11 is 0. The predicted molar refractivity (Wildman–Crippen MR) is 221 cm³/mol. The van der Waals surface area contributed by atoms with Crippen molar-refractivity contribution < 1.29 is 0 Å². The maximum absolute atomic E-state index is 2.70. The first kappa shape index (κ1) is 29.0. The molecule has 12 rings (SSSR count). The lowest BCUT2D eigenvalue weighted by atomic mass is 9.42. The van der Waals surface area contributed by atoms with Gasteiger partial charge >= 0.3 is 6.85 Å². The zero-order valence-corrected chi connectivity index (χ0v) is 29.3. The third-order valence-corrected chi connectivity index (χ3v) is 12.4. The molecule has 8 aromatic carbocycles. The van der Waals surface area contributed by atoms with Crippen molar-refractivity contribution in [3.05, 3.63) is 210 Å². The van der Waals surface area contributed by atoms with Crippen LogP contribution in [-0.2, 0) is 5.41 Å².